The van der Waals surface area contributed by atoms with Crippen LogP contribution in [0, 0.1) is 5.92 Å². The maximum Gasteiger partial charge on any atom is 0.416 e. The quantitative estimate of drug-likeness (QED) is 0.576. The molecule has 0 saturated heterocycles. The number of carbonyl (C=O) groups is 2. The van der Waals surface area contributed by atoms with Gasteiger partial charge in [-0.25, -0.2) is 9.59 Å². The highest BCUT2D eigenvalue weighted by Crippen LogP contribution is 2.48. The number of amides is 2. The third-order valence-corrected chi connectivity index (χ3v) is 5.25. The van der Waals surface area contributed by atoms with Gasteiger partial charge in [-0.05, 0) is 90.5 Å². The number of alkyl carbamates (subject to hydrolysis) is 1. The Bertz CT molecular complexity index is 883. The highest BCUT2D eigenvalue weighted by Gasteiger charge is 2.46. The smallest absolute Gasteiger partial charge is 0.416 e. The summed E-state index contributed by atoms with van der Waals surface area (Å²) in [7, 11) is 0. The molecule has 32 heavy (non-hydrogen) atoms. The number of ether oxygens (including phenoxy) is 2. The first-order valence-corrected chi connectivity index (χ1v) is 10.8. The highest BCUT2D eigenvalue weighted by atomic mass is 19.4. The van der Waals surface area contributed by atoms with E-state index in [1.165, 1.54) is 11.0 Å². The van der Waals surface area contributed by atoms with Crippen LogP contribution in [0.25, 0.3) is 0 Å². The van der Waals surface area contributed by atoms with E-state index in [-0.39, 0.29) is 23.9 Å². The third kappa shape index (κ3) is 5.86. The standard InChI is InChI=1S/C23H31F3N2O4/c1-21(2,3)31-19(29)27-16-12-18(13-7-8-13)28(20(30)32-22(4,5)6)17-10-9-14(11-15(16)17)23(24,25)26/h9-11,13,16,18H,7-8,12H2,1-6H3,(H,27,29)/t16-,18-/m0/s1. The molecule has 1 aliphatic carbocycles. The molecule has 0 aromatic heterocycles. The molecule has 0 radical (unpaired) electrons. The van der Waals surface area contributed by atoms with Gasteiger partial charge in [-0.2, -0.15) is 13.2 Å². The maximum absolute atomic E-state index is 13.4. The maximum atomic E-state index is 13.4. The van der Waals surface area contributed by atoms with Crippen LogP contribution in [-0.4, -0.2) is 29.4 Å². The Hall–Kier alpha value is -2.45. The summed E-state index contributed by atoms with van der Waals surface area (Å²) in [6.45, 7) is 10.3. The fourth-order valence-electron chi connectivity index (χ4n) is 3.90. The monoisotopic (exact) mass is 456 g/mol. The van der Waals surface area contributed by atoms with Gasteiger partial charge in [0.15, 0.2) is 0 Å². The fraction of sp³-hybridized carbons (Fsp3) is 0.652. The van der Waals surface area contributed by atoms with Crippen molar-refractivity contribution in [2.75, 3.05) is 4.90 Å². The van der Waals surface area contributed by atoms with E-state index in [1.54, 1.807) is 41.5 Å². The molecule has 2 amide bonds. The third-order valence-electron chi connectivity index (χ3n) is 5.25. The van der Waals surface area contributed by atoms with Gasteiger partial charge in [0, 0.05) is 6.04 Å². The Morgan fingerprint density at radius 3 is 2.09 bits per heavy atom. The Balaban J connectivity index is 2.03. The van der Waals surface area contributed by atoms with Crippen molar-refractivity contribution in [1.82, 2.24) is 5.32 Å². The zero-order valence-corrected chi connectivity index (χ0v) is 19.3. The minimum atomic E-state index is -4.56. The van der Waals surface area contributed by atoms with Crippen molar-refractivity contribution in [3.8, 4) is 0 Å². The summed E-state index contributed by atoms with van der Waals surface area (Å²) in [5.74, 6) is 0.195. The van der Waals surface area contributed by atoms with Gasteiger partial charge in [0.1, 0.15) is 11.2 Å². The second kappa shape index (κ2) is 8.15. The van der Waals surface area contributed by atoms with Gasteiger partial charge in [-0.1, -0.05) is 0 Å². The predicted octanol–water partition coefficient (Wildman–Crippen LogP) is 6.20. The van der Waals surface area contributed by atoms with Crippen molar-refractivity contribution in [2.24, 2.45) is 5.92 Å². The number of carbonyl (C=O) groups excluding carboxylic acids is 2. The van der Waals surface area contributed by atoms with E-state index < -0.39 is 41.2 Å². The number of hydrogen-bond donors (Lipinski definition) is 1. The van der Waals surface area contributed by atoms with Crippen molar-refractivity contribution in [3.63, 3.8) is 0 Å². The first kappa shape index (κ1) is 24.2. The van der Waals surface area contributed by atoms with Crippen LogP contribution in [0.4, 0.5) is 28.4 Å². The number of fused-ring (bicyclic) bond motifs is 1. The lowest BCUT2D eigenvalue weighted by molar-refractivity contribution is -0.137. The minimum Gasteiger partial charge on any atom is -0.444 e. The molecule has 6 nitrogen and oxygen atoms in total. The van der Waals surface area contributed by atoms with E-state index in [9.17, 15) is 22.8 Å². The molecule has 0 bridgehead atoms. The summed E-state index contributed by atoms with van der Waals surface area (Å²) in [5.41, 5.74) is -1.83. The van der Waals surface area contributed by atoms with Crippen molar-refractivity contribution >= 4 is 17.9 Å². The predicted molar refractivity (Wildman–Crippen MR) is 113 cm³/mol. The molecular weight excluding hydrogens is 425 g/mol. The molecular formula is C23H31F3N2O4. The number of alkyl halides is 3. The van der Waals surface area contributed by atoms with Crippen molar-refractivity contribution in [1.29, 1.82) is 0 Å². The molecule has 0 unspecified atom stereocenters. The topological polar surface area (TPSA) is 67.9 Å². The number of nitrogens with one attached hydrogen (secondary N) is 1. The summed E-state index contributed by atoms with van der Waals surface area (Å²) in [6, 6.07) is 2.22. The molecule has 0 spiro atoms. The van der Waals surface area contributed by atoms with Crippen LogP contribution >= 0.6 is 0 Å². The lowest BCUT2D eigenvalue weighted by Gasteiger charge is -2.42. The van der Waals surface area contributed by atoms with Crippen LogP contribution in [0.5, 0.6) is 0 Å². The average molecular weight is 457 g/mol. The molecule has 1 aliphatic heterocycles. The molecule has 178 valence electrons. The number of anilines is 1. The lowest BCUT2D eigenvalue weighted by atomic mass is 9.88. The number of nitrogens with zero attached hydrogens (tertiary/aromatic N) is 1. The molecule has 2 aliphatic rings. The summed E-state index contributed by atoms with van der Waals surface area (Å²) in [4.78, 5) is 27.0. The van der Waals surface area contributed by atoms with E-state index in [4.69, 9.17) is 9.47 Å². The van der Waals surface area contributed by atoms with Gasteiger partial charge >= 0.3 is 18.4 Å². The number of rotatable bonds is 2. The summed E-state index contributed by atoms with van der Waals surface area (Å²) in [6.07, 6.45) is -3.80. The highest BCUT2D eigenvalue weighted by molar-refractivity contribution is 5.91. The van der Waals surface area contributed by atoms with Crippen molar-refractivity contribution in [2.45, 2.75) is 90.3 Å². The minimum absolute atomic E-state index is 0.195. The van der Waals surface area contributed by atoms with Crippen molar-refractivity contribution in [3.05, 3.63) is 29.3 Å². The molecule has 1 saturated carbocycles. The van der Waals surface area contributed by atoms with E-state index in [0.29, 0.717) is 5.69 Å². The van der Waals surface area contributed by atoms with E-state index in [0.717, 1.165) is 25.0 Å². The summed E-state index contributed by atoms with van der Waals surface area (Å²) in [5, 5.41) is 2.72. The van der Waals surface area contributed by atoms with Crippen molar-refractivity contribution < 1.29 is 32.2 Å². The SMILES string of the molecule is CC(C)(C)OC(=O)N[C@H]1C[C@@H](C2CC2)N(C(=O)OC(C)(C)C)c2ccc(C(F)(F)F)cc21. The van der Waals surface area contributed by atoms with Crippen LogP contribution in [0.1, 0.15) is 78.0 Å². The van der Waals surface area contributed by atoms with E-state index in [2.05, 4.69) is 5.32 Å². The Morgan fingerprint density at radius 1 is 1.00 bits per heavy atom. The molecule has 2 atom stereocenters. The number of hydrogen-bond acceptors (Lipinski definition) is 4. The van der Waals surface area contributed by atoms with Crippen LogP contribution in [0.15, 0.2) is 18.2 Å². The molecule has 9 heteroatoms. The summed E-state index contributed by atoms with van der Waals surface area (Å²) < 4.78 is 51.2. The molecule has 1 N–H and O–H groups in total. The molecule has 1 aromatic rings. The van der Waals surface area contributed by atoms with Gasteiger partial charge in [0.2, 0.25) is 0 Å². The first-order valence-electron chi connectivity index (χ1n) is 10.8. The molecule has 1 heterocycles. The van der Waals surface area contributed by atoms with Gasteiger partial charge in [-0.15, -0.1) is 0 Å². The normalized spacial score (nSPS) is 21.6. The Morgan fingerprint density at radius 2 is 1.59 bits per heavy atom. The van der Waals surface area contributed by atoms with Gasteiger partial charge < -0.3 is 14.8 Å². The van der Waals surface area contributed by atoms with Gasteiger partial charge in [-0.3, -0.25) is 4.90 Å². The largest absolute Gasteiger partial charge is 0.444 e. The van der Waals surface area contributed by atoms with E-state index in [1.807, 2.05) is 0 Å². The first-order chi connectivity index (χ1) is 14.5. The second-order valence-corrected chi connectivity index (χ2v) is 10.5. The molecule has 3 rings (SSSR count). The number of halogens is 3. The van der Waals surface area contributed by atoms with Crippen LogP contribution in [0.2, 0.25) is 0 Å². The van der Waals surface area contributed by atoms with E-state index >= 15 is 0 Å². The zero-order chi connectivity index (χ0) is 24.1. The van der Waals surface area contributed by atoms with Gasteiger partial charge in [0.25, 0.3) is 0 Å². The zero-order valence-electron chi connectivity index (χ0n) is 19.3. The number of benzene rings is 1. The second-order valence-electron chi connectivity index (χ2n) is 10.5. The summed E-state index contributed by atoms with van der Waals surface area (Å²) >= 11 is 0. The lowest BCUT2D eigenvalue weighted by Crippen LogP contribution is -2.50. The molecule has 1 fully saturated rings. The van der Waals surface area contributed by atoms with Crippen LogP contribution in [-0.2, 0) is 15.7 Å². The van der Waals surface area contributed by atoms with Crippen LogP contribution in [0.3, 0.4) is 0 Å². The molecule has 1 aromatic carbocycles. The Labute approximate surface area is 186 Å². The Kier molecular flexibility index (Phi) is 6.17. The fourth-order valence-corrected chi connectivity index (χ4v) is 3.90. The van der Waals surface area contributed by atoms with Gasteiger partial charge in [0.05, 0.1) is 17.3 Å². The van der Waals surface area contributed by atoms with Crippen LogP contribution < -0.4 is 10.2 Å². The average Bonchev–Trinajstić information content (AvgIpc) is 3.41.